The van der Waals surface area contributed by atoms with Crippen molar-refractivity contribution in [2.45, 2.75) is 103 Å². The van der Waals surface area contributed by atoms with Crippen LogP contribution in [0.4, 0.5) is 0 Å². The maximum Gasteiger partial charge on any atom is 0.303 e. The van der Waals surface area contributed by atoms with Crippen LogP contribution in [0, 0.1) is 11.8 Å². The fourth-order valence-electron chi connectivity index (χ4n) is 4.12. The molecule has 1 saturated carbocycles. The molecule has 24 heavy (non-hydrogen) atoms. The van der Waals surface area contributed by atoms with Crippen LogP contribution in [0.15, 0.2) is 0 Å². The molecule has 0 bridgehead atoms. The van der Waals surface area contributed by atoms with Crippen molar-refractivity contribution in [2.75, 3.05) is 0 Å². The minimum Gasteiger partial charge on any atom is -0.481 e. The highest BCUT2D eigenvalue weighted by Crippen LogP contribution is 2.38. The van der Waals surface area contributed by atoms with Crippen LogP contribution in [0.2, 0.25) is 0 Å². The van der Waals surface area contributed by atoms with Crippen molar-refractivity contribution < 1.29 is 19.8 Å². The summed E-state index contributed by atoms with van der Waals surface area (Å²) in [5.41, 5.74) is 0. The van der Waals surface area contributed by atoms with Crippen LogP contribution in [0.3, 0.4) is 0 Å². The number of unbranched alkanes of at least 4 members (excludes halogenated alkanes) is 7. The van der Waals surface area contributed by atoms with Gasteiger partial charge in [0, 0.05) is 12.8 Å². The van der Waals surface area contributed by atoms with Crippen LogP contribution in [0.25, 0.3) is 0 Å². The highest BCUT2D eigenvalue weighted by molar-refractivity contribution is 5.66. The first-order valence-corrected chi connectivity index (χ1v) is 10.0. The summed E-state index contributed by atoms with van der Waals surface area (Å²) in [4.78, 5) is 20.9. The highest BCUT2D eigenvalue weighted by Gasteiger charge is 2.25. The summed E-state index contributed by atoms with van der Waals surface area (Å²) >= 11 is 0. The van der Waals surface area contributed by atoms with E-state index in [-0.39, 0.29) is 0 Å². The number of carboxylic acids is 2. The van der Waals surface area contributed by atoms with Crippen molar-refractivity contribution in [3.63, 3.8) is 0 Å². The molecule has 0 saturated heterocycles. The molecule has 0 spiro atoms. The molecule has 4 heteroatoms. The van der Waals surface area contributed by atoms with Gasteiger partial charge in [0.1, 0.15) is 0 Å². The average Bonchev–Trinajstić information content (AvgIpc) is 2.96. The lowest BCUT2D eigenvalue weighted by atomic mass is 9.86. The van der Waals surface area contributed by atoms with Crippen molar-refractivity contribution in [1.29, 1.82) is 0 Å². The molecule has 4 nitrogen and oxygen atoms in total. The maximum absolute atomic E-state index is 10.5. The zero-order chi connectivity index (χ0) is 17.6. The Kier molecular flexibility index (Phi) is 11.6. The van der Waals surface area contributed by atoms with E-state index in [2.05, 4.69) is 0 Å². The zero-order valence-corrected chi connectivity index (χ0v) is 15.2. The molecule has 1 fully saturated rings. The Morgan fingerprint density at radius 1 is 0.625 bits per heavy atom. The van der Waals surface area contributed by atoms with Gasteiger partial charge in [0.2, 0.25) is 0 Å². The SMILES string of the molecule is O=C(O)CCCCCCC[C@H]1CCC[C@@H]1CCCCCCC(=O)O. The Morgan fingerprint density at radius 2 is 1.00 bits per heavy atom. The molecule has 0 unspecified atom stereocenters. The maximum atomic E-state index is 10.5. The van der Waals surface area contributed by atoms with Crippen molar-refractivity contribution in [2.24, 2.45) is 11.8 Å². The second kappa shape index (κ2) is 13.3. The summed E-state index contributed by atoms with van der Waals surface area (Å²) < 4.78 is 0. The Hall–Kier alpha value is -1.06. The van der Waals surface area contributed by atoms with Crippen LogP contribution < -0.4 is 0 Å². The third kappa shape index (κ3) is 10.7. The minimum atomic E-state index is -0.674. The Labute approximate surface area is 147 Å². The third-order valence-corrected chi connectivity index (χ3v) is 5.50. The summed E-state index contributed by atoms with van der Waals surface area (Å²) in [5, 5.41) is 17.2. The van der Waals surface area contributed by atoms with E-state index in [1.807, 2.05) is 0 Å². The smallest absolute Gasteiger partial charge is 0.303 e. The molecular formula is C20H36O4. The van der Waals surface area contributed by atoms with Crippen molar-refractivity contribution in [3.8, 4) is 0 Å². The molecular weight excluding hydrogens is 304 g/mol. The molecule has 2 N–H and O–H groups in total. The van der Waals surface area contributed by atoms with Gasteiger partial charge in [-0.15, -0.1) is 0 Å². The average molecular weight is 341 g/mol. The molecule has 1 rings (SSSR count). The molecule has 0 aromatic rings. The Bertz CT molecular complexity index is 354. The van der Waals surface area contributed by atoms with Crippen LogP contribution >= 0.6 is 0 Å². The van der Waals surface area contributed by atoms with E-state index < -0.39 is 11.9 Å². The molecule has 1 aliphatic carbocycles. The van der Waals surface area contributed by atoms with Gasteiger partial charge >= 0.3 is 11.9 Å². The van der Waals surface area contributed by atoms with Crippen molar-refractivity contribution in [1.82, 2.24) is 0 Å². The molecule has 1 aliphatic rings. The van der Waals surface area contributed by atoms with E-state index in [4.69, 9.17) is 10.2 Å². The topological polar surface area (TPSA) is 74.6 Å². The van der Waals surface area contributed by atoms with Gasteiger partial charge in [-0.05, 0) is 24.7 Å². The summed E-state index contributed by atoms with van der Waals surface area (Å²) in [7, 11) is 0. The summed E-state index contributed by atoms with van der Waals surface area (Å²) in [5.74, 6) is 0.458. The number of aliphatic carboxylic acids is 2. The van der Waals surface area contributed by atoms with Gasteiger partial charge in [0.15, 0.2) is 0 Å². The van der Waals surface area contributed by atoms with E-state index in [0.717, 1.165) is 37.5 Å². The highest BCUT2D eigenvalue weighted by atomic mass is 16.4. The predicted octanol–water partition coefficient (Wildman–Crippen LogP) is 5.64. The van der Waals surface area contributed by atoms with Crippen LogP contribution in [-0.4, -0.2) is 22.2 Å². The fourth-order valence-corrected chi connectivity index (χ4v) is 4.12. The van der Waals surface area contributed by atoms with Gasteiger partial charge in [0.25, 0.3) is 0 Å². The molecule has 0 amide bonds. The van der Waals surface area contributed by atoms with E-state index in [1.165, 1.54) is 64.2 Å². The summed E-state index contributed by atoms with van der Waals surface area (Å²) in [6, 6.07) is 0. The Balaban J connectivity index is 1.98. The quantitative estimate of drug-likeness (QED) is 0.378. The number of carbonyl (C=O) groups is 2. The second-order valence-corrected chi connectivity index (χ2v) is 7.50. The lowest BCUT2D eigenvalue weighted by molar-refractivity contribution is -0.138. The first kappa shape index (κ1) is 21.0. The molecule has 2 atom stereocenters. The van der Waals surface area contributed by atoms with Crippen molar-refractivity contribution in [3.05, 3.63) is 0 Å². The Morgan fingerprint density at radius 3 is 1.42 bits per heavy atom. The molecule has 0 aromatic carbocycles. The molecule has 0 aromatic heterocycles. The number of hydrogen-bond donors (Lipinski definition) is 2. The second-order valence-electron chi connectivity index (χ2n) is 7.50. The zero-order valence-electron chi connectivity index (χ0n) is 15.2. The predicted molar refractivity (Wildman–Crippen MR) is 96.1 cm³/mol. The monoisotopic (exact) mass is 340 g/mol. The lowest BCUT2D eigenvalue weighted by Gasteiger charge is -2.19. The van der Waals surface area contributed by atoms with Gasteiger partial charge in [-0.1, -0.05) is 77.0 Å². The van der Waals surface area contributed by atoms with E-state index in [1.54, 1.807) is 0 Å². The van der Waals surface area contributed by atoms with Gasteiger partial charge < -0.3 is 10.2 Å². The fraction of sp³-hybridized carbons (Fsp3) is 0.900. The largest absolute Gasteiger partial charge is 0.481 e. The van der Waals surface area contributed by atoms with Gasteiger partial charge in [-0.2, -0.15) is 0 Å². The van der Waals surface area contributed by atoms with Gasteiger partial charge in [0.05, 0.1) is 0 Å². The number of hydrogen-bond acceptors (Lipinski definition) is 2. The van der Waals surface area contributed by atoms with E-state index >= 15 is 0 Å². The standard InChI is InChI=1S/C20H36O4/c21-19(22)15-8-3-1-2-6-11-17-13-10-14-18(17)12-7-4-5-9-16-20(23)24/h17-18H,1-16H2,(H,21,22)(H,23,24)/t17-,18-/m0/s1. The van der Waals surface area contributed by atoms with Crippen molar-refractivity contribution >= 4 is 11.9 Å². The first-order valence-electron chi connectivity index (χ1n) is 10.0. The molecule has 0 radical (unpaired) electrons. The molecule has 140 valence electrons. The number of carboxylic acid groups (broad SMARTS) is 2. The summed E-state index contributed by atoms with van der Waals surface area (Å²) in [6.45, 7) is 0. The normalized spacial score (nSPS) is 20.3. The van der Waals surface area contributed by atoms with Gasteiger partial charge in [-0.3, -0.25) is 9.59 Å². The summed E-state index contributed by atoms with van der Waals surface area (Å²) in [6.07, 6.45) is 17.4. The third-order valence-electron chi connectivity index (χ3n) is 5.50. The molecule has 0 aliphatic heterocycles. The van der Waals surface area contributed by atoms with Crippen LogP contribution in [0.1, 0.15) is 103 Å². The first-order chi connectivity index (χ1) is 11.6. The minimum absolute atomic E-state index is 0.317. The van der Waals surface area contributed by atoms with E-state index in [0.29, 0.717) is 12.8 Å². The van der Waals surface area contributed by atoms with Crippen LogP contribution in [-0.2, 0) is 9.59 Å². The van der Waals surface area contributed by atoms with Gasteiger partial charge in [-0.25, -0.2) is 0 Å². The van der Waals surface area contributed by atoms with E-state index in [9.17, 15) is 9.59 Å². The lowest BCUT2D eigenvalue weighted by Crippen LogP contribution is -2.08. The molecule has 0 heterocycles. The number of rotatable bonds is 15. The van der Waals surface area contributed by atoms with Crippen LogP contribution in [0.5, 0.6) is 0 Å².